The maximum Gasteiger partial charge on any atom is 0.134 e. The van der Waals surface area contributed by atoms with Crippen LogP contribution in [0.5, 0.6) is 0 Å². The van der Waals surface area contributed by atoms with Crippen molar-refractivity contribution in [1.29, 1.82) is 0 Å². The quantitative estimate of drug-likeness (QED) is 0.266. The maximum atomic E-state index is 5.16. The van der Waals surface area contributed by atoms with E-state index in [0.29, 0.717) is 0 Å². The number of hydrogen-bond acceptors (Lipinski definition) is 1. The minimum Gasteiger partial charge on any atom is -0.394 e. The highest BCUT2D eigenvalue weighted by atomic mass is 35.5. The van der Waals surface area contributed by atoms with Gasteiger partial charge in [0.05, 0.1) is 0 Å². The van der Waals surface area contributed by atoms with Crippen LogP contribution >= 0.6 is 11.9 Å². The lowest BCUT2D eigenvalue weighted by molar-refractivity contribution is 0.521. The van der Waals surface area contributed by atoms with Crippen molar-refractivity contribution in [2.45, 2.75) is 90.9 Å². The van der Waals surface area contributed by atoms with Gasteiger partial charge >= 0.3 is 0 Å². The molecule has 0 aliphatic heterocycles. The summed E-state index contributed by atoms with van der Waals surface area (Å²) in [6.07, 6.45) is 18.1. The Morgan fingerprint density at radius 2 is 1.28 bits per heavy atom. The smallest absolute Gasteiger partial charge is 0.134 e. The Balaban J connectivity index is 3.05. The highest BCUT2D eigenvalue weighted by Gasteiger charge is 1.94. The molecule has 0 spiro atoms. The van der Waals surface area contributed by atoms with Crippen LogP contribution in [0.3, 0.4) is 0 Å². The first-order valence-electron chi connectivity index (χ1n) is 7.74. The number of allylic oxidation sites excluding steroid dienone is 1. The summed E-state index contributed by atoms with van der Waals surface area (Å²) in [5.74, 6) is 0. The fourth-order valence-corrected chi connectivity index (χ4v) is 2.36. The Morgan fingerprint density at radius 1 is 0.833 bits per heavy atom. The second kappa shape index (κ2) is 14.9. The van der Waals surface area contributed by atoms with Crippen LogP contribution in [0, 0.1) is 0 Å². The zero-order valence-corrected chi connectivity index (χ0v) is 13.1. The van der Waals surface area contributed by atoms with Crippen LogP contribution in [0.25, 0.3) is 0 Å². The molecule has 0 aliphatic carbocycles. The summed E-state index contributed by atoms with van der Waals surface area (Å²) in [7, 11) is 0. The van der Waals surface area contributed by atoms with E-state index in [4.69, 9.17) is 11.9 Å². The van der Waals surface area contributed by atoms with Crippen molar-refractivity contribution in [2.75, 3.05) is 0 Å². The molecule has 0 saturated carbocycles. The van der Waals surface area contributed by atoms with Crippen LogP contribution in [0.2, 0.25) is 0 Å². The second-order valence-electron chi connectivity index (χ2n) is 5.34. The Hall–Kier alpha value is -0.170. The zero-order chi connectivity index (χ0) is 13.5. The number of rotatable bonds is 13. The van der Waals surface area contributed by atoms with Crippen LogP contribution < -0.4 is 0 Å². The van der Waals surface area contributed by atoms with Crippen molar-refractivity contribution in [3.05, 3.63) is 11.8 Å². The molecule has 0 radical (unpaired) electrons. The van der Waals surface area contributed by atoms with Crippen LogP contribution in [0.15, 0.2) is 11.8 Å². The zero-order valence-electron chi connectivity index (χ0n) is 12.3. The van der Waals surface area contributed by atoms with Crippen LogP contribution in [-0.2, 0) is 4.29 Å². The fraction of sp³-hybridized carbons (Fsp3) is 0.875. The molecular formula is C16H31ClO. The van der Waals surface area contributed by atoms with Crippen molar-refractivity contribution < 1.29 is 4.29 Å². The predicted octanol–water partition coefficient (Wildman–Crippen LogP) is 6.76. The standard InChI is InChI=1S/C16H31ClO/c1-3-4-5-6-7-8-9-10-11-12-13-14-16(2)15-18-17/h15H,3-14H2,1-2H3. The molecule has 18 heavy (non-hydrogen) atoms. The number of hydrogen-bond donors (Lipinski definition) is 0. The summed E-state index contributed by atoms with van der Waals surface area (Å²) in [6.45, 7) is 4.34. The van der Waals surface area contributed by atoms with Crippen molar-refractivity contribution in [2.24, 2.45) is 0 Å². The Kier molecular flexibility index (Phi) is 14.7. The third-order valence-electron chi connectivity index (χ3n) is 3.42. The summed E-state index contributed by atoms with van der Waals surface area (Å²) in [5, 5.41) is 0. The van der Waals surface area contributed by atoms with Crippen molar-refractivity contribution >= 4 is 11.9 Å². The molecule has 0 aromatic heterocycles. The van der Waals surface area contributed by atoms with E-state index in [1.807, 2.05) is 0 Å². The van der Waals surface area contributed by atoms with Gasteiger partial charge in [-0.25, -0.2) is 0 Å². The summed E-state index contributed by atoms with van der Waals surface area (Å²) in [4.78, 5) is 0. The minimum absolute atomic E-state index is 1.11. The minimum atomic E-state index is 1.11. The molecule has 1 nitrogen and oxygen atoms in total. The average Bonchev–Trinajstić information content (AvgIpc) is 2.36. The molecule has 0 aliphatic rings. The van der Waals surface area contributed by atoms with E-state index in [2.05, 4.69) is 18.1 Å². The van der Waals surface area contributed by atoms with E-state index < -0.39 is 0 Å². The SMILES string of the molecule is CCCCCCCCCCCCCC(C)=COCl. The summed E-state index contributed by atoms with van der Waals surface area (Å²) in [6, 6.07) is 0. The lowest BCUT2D eigenvalue weighted by atomic mass is 10.0. The Morgan fingerprint density at radius 3 is 1.72 bits per heavy atom. The van der Waals surface area contributed by atoms with Gasteiger partial charge in [-0.1, -0.05) is 71.1 Å². The van der Waals surface area contributed by atoms with Crippen molar-refractivity contribution in [3.8, 4) is 0 Å². The van der Waals surface area contributed by atoms with Gasteiger partial charge in [-0.05, 0) is 25.3 Å². The van der Waals surface area contributed by atoms with Gasteiger partial charge < -0.3 is 4.29 Å². The van der Waals surface area contributed by atoms with Gasteiger partial charge in [0.15, 0.2) is 0 Å². The molecule has 0 bridgehead atoms. The van der Waals surface area contributed by atoms with Crippen molar-refractivity contribution in [3.63, 3.8) is 0 Å². The molecule has 0 heterocycles. The molecule has 0 aromatic rings. The summed E-state index contributed by atoms with van der Waals surface area (Å²) < 4.78 is 4.46. The topological polar surface area (TPSA) is 9.23 Å². The van der Waals surface area contributed by atoms with E-state index in [1.165, 1.54) is 76.2 Å². The molecule has 0 unspecified atom stereocenters. The van der Waals surface area contributed by atoms with Gasteiger partial charge in [-0.2, -0.15) is 0 Å². The molecule has 0 rings (SSSR count). The molecule has 0 amide bonds. The normalized spacial score (nSPS) is 11.8. The third kappa shape index (κ3) is 13.9. The molecule has 0 atom stereocenters. The monoisotopic (exact) mass is 274 g/mol. The van der Waals surface area contributed by atoms with Gasteiger partial charge in [0.25, 0.3) is 0 Å². The Bertz CT molecular complexity index is 190. The molecule has 0 aromatic carbocycles. The number of halogens is 1. The van der Waals surface area contributed by atoms with Crippen LogP contribution in [-0.4, -0.2) is 0 Å². The third-order valence-corrected chi connectivity index (χ3v) is 3.51. The summed E-state index contributed by atoms with van der Waals surface area (Å²) in [5.41, 5.74) is 1.24. The summed E-state index contributed by atoms with van der Waals surface area (Å²) >= 11 is 5.16. The van der Waals surface area contributed by atoms with Crippen LogP contribution in [0.4, 0.5) is 0 Å². The lowest BCUT2D eigenvalue weighted by Gasteiger charge is -2.03. The van der Waals surface area contributed by atoms with E-state index in [-0.39, 0.29) is 0 Å². The molecular weight excluding hydrogens is 244 g/mol. The number of unbranched alkanes of at least 4 members (excludes halogenated alkanes) is 10. The molecule has 108 valence electrons. The first-order valence-corrected chi connectivity index (χ1v) is 8.05. The maximum absolute atomic E-state index is 5.16. The van der Waals surface area contributed by atoms with E-state index in [9.17, 15) is 0 Å². The predicted molar refractivity (Wildman–Crippen MR) is 81.8 cm³/mol. The van der Waals surface area contributed by atoms with Gasteiger partial charge in [0.2, 0.25) is 0 Å². The fourth-order valence-electron chi connectivity index (χ4n) is 2.20. The van der Waals surface area contributed by atoms with Gasteiger partial charge in [-0.15, -0.1) is 0 Å². The second-order valence-corrected chi connectivity index (χ2v) is 5.52. The van der Waals surface area contributed by atoms with Crippen molar-refractivity contribution in [1.82, 2.24) is 0 Å². The highest BCUT2D eigenvalue weighted by molar-refractivity contribution is 6.07. The molecule has 2 heteroatoms. The molecule has 0 N–H and O–H groups in total. The molecule has 0 fully saturated rings. The van der Waals surface area contributed by atoms with Gasteiger partial charge in [0, 0.05) is 0 Å². The first kappa shape index (κ1) is 17.8. The lowest BCUT2D eigenvalue weighted by Crippen LogP contribution is -1.83. The molecule has 0 saturated heterocycles. The highest BCUT2D eigenvalue weighted by Crippen LogP contribution is 2.13. The van der Waals surface area contributed by atoms with E-state index in [1.54, 1.807) is 6.26 Å². The largest absolute Gasteiger partial charge is 0.394 e. The van der Waals surface area contributed by atoms with E-state index in [0.717, 1.165) is 6.42 Å². The van der Waals surface area contributed by atoms with E-state index >= 15 is 0 Å². The van der Waals surface area contributed by atoms with Gasteiger partial charge in [0.1, 0.15) is 18.1 Å². The average molecular weight is 275 g/mol. The Labute approximate surface area is 119 Å². The first-order chi connectivity index (χ1) is 8.81. The van der Waals surface area contributed by atoms with Crippen LogP contribution in [0.1, 0.15) is 90.9 Å². The van der Waals surface area contributed by atoms with Gasteiger partial charge in [-0.3, -0.25) is 0 Å².